The largest absolute Gasteiger partial charge is 0.486 e. The number of likely N-dealkylation sites (N-methyl/N-ethyl adjacent to an activating group) is 1. The average molecular weight is 231 g/mol. The first-order valence-electron chi connectivity index (χ1n) is 6.78. The summed E-state index contributed by atoms with van der Waals surface area (Å²) in [4.78, 5) is 0. The number of fused-ring (bicyclic) bond motifs is 1. The Labute approximate surface area is 103 Å². The van der Waals surface area contributed by atoms with E-state index >= 15 is 0 Å². The first kappa shape index (κ1) is 11.1. The summed E-state index contributed by atoms with van der Waals surface area (Å²) in [7, 11) is 2.04. The van der Waals surface area contributed by atoms with Gasteiger partial charge in [-0.05, 0) is 38.8 Å². The quantitative estimate of drug-likeness (QED) is 0.844. The topological polar surface area (TPSA) is 21.3 Å². The van der Waals surface area contributed by atoms with Crippen LogP contribution in [0.3, 0.4) is 0 Å². The van der Waals surface area contributed by atoms with Gasteiger partial charge in [-0.3, -0.25) is 0 Å². The van der Waals surface area contributed by atoms with Gasteiger partial charge in [0.2, 0.25) is 0 Å². The number of benzene rings is 1. The van der Waals surface area contributed by atoms with E-state index in [9.17, 15) is 0 Å². The highest BCUT2D eigenvalue weighted by Crippen LogP contribution is 2.50. The summed E-state index contributed by atoms with van der Waals surface area (Å²) in [5.74, 6) is 1.65. The second-order valence-electron chi connectivity index (χ2n) is 5.38. The van der Waals surface area contributed by atoms with Crippen molar-refractivity contribution in [3.63, 3.8) is 0 Å². The lowest BCUT2D eigenvalue weighted by Gasteiger charge is -2.38. The normalized spacial score (nSPS) is 25.6. The molecule has 1 heterocycles. The number of ether oxygens (including phenoxy) is 1. The number of rotatable bonds is 2. The molecule has 0 radical (unpaired) electrons. The summed E-state index contributed by atoms with van der Waals surface area (Å²) >= 11 is 0. The van der Waals surface area contributed by atoms with Gasteiger partial charge in [-0.2, -0.15) is 0 Å². The predicted molar refractivity (Wildman–Crippen MR) is 69.6 cm³/mol. The van der Waals surface area contributed by atoms with Gasteiger partial charge in [-0.1, -0.05) is 24.6 Å². The van der Waals surface area contributed by atoms with Gasteiger partial charge in [0.15, 0.2) is 0 Å². The molecule has 1 aliphatic heterocycles. The van der Waals surface area contributed by atoms with E-state index in [4.69, 9.17) is 4.74 Å². The van der Waals surface area contributed by atoms with Gasteiger partial charge < -0.3 is 10.1 Å². The van der Waals surface area contributed by atoms with Crippen LogP contribution in [0.2, 0.25) is 0 Å². The molecule has 0 amide bonds. The maximum atomic E-state index is 6.36. The van der Waals surface area contributed by atoms with Crippen molar-refractivity contribution in [1.29, 1.82) is 0 Å². The van der Waals surface area contributed by atoms with Crippen LogP contribution in [0.1, 0.15) is 43.6 Å². The minimum absolute atomic E-state index is 0.0882. The molecule has 3 rings (SSSR count). The van der Waals surface area contributed by atoms with Gasteiger partial charge in [0.25, 0.3) is 0 Å². The van der Waals surface area contributed by atoms with Gasteiger partial charge in [-0.15, -0.1) is 0 Å². The van der Waals surface area contributed by atoms with Crippen LogP contribution >= 0.6 is 0 Å². The molecule has 0 bridgehead atoms. The summed E-state index contributed by atoms with van der Waals surface area (Å²) in [6.45, 7) is 1.02. The summed E-state index contributed by atoms with van der Waals surface area (Å²) in [6, 6.07) is 8.58. The van der Waals surface area contributed by atoms with Crippen molar-refractivity contribution in [3.8, 4) is 5.75 Å². The second-order valence-corrected chi connectivity index (χ2v) is 5.38. The minimum atomic E-state index is 0.0882. The SMILES string of the molecule is CNCC1c2ccccc2OC12CCCCC2. The summed E-state index contributed by atoms with van der Waals surface area (Å²) in [5, 5.41) is 3.34. The molecule has 2 aliphatic rings. The smallest absolute Gasteiger partial charge is 0.123 e. The van der Waals surface area contributed by atoms with E-state index in [0.29, 0.717) is 5.92 Å². The van der Waals surface area contributed by atoms with E-state index in [1.54, 1.807) is 0 Å². The fraction of sp³-hybridized carbons (Fsp3) is 0.600. The lowest BCUT2D eigenvalue weighted by molar-refractivity contribution is 0.0291. The first-order chi connectivity index (χ1) is 8.36. The molecule has 1 N–H and O–H groups in total. The van der Waals surface area contributed by atoms with Crippen LogP contribution in [0.5, 0.6) is 5.75 Å². The van der Waals surface area contributed by atoms with Crippen molar-refractivity contribution in [3.05, 3.63) is 29.8 Å². The Hall–Kier alpha value is -1.02. The highest BCUT2D eigenvalue weighted by Gasteiger charge is 2.48. The first-order valence-corrected chi connectivity index (χ1v) is 6.78. The van der Waals surface area contributed by atoms with Gasteiger partial charge in [0, 0.05) is 18.0 Å². The Morgan fingerprint density at radius 2 is 2.00 bits per heavy atom. The van der Waals surface area contributed by atoms with Crippen molar-refractivity contribution in [2.75, 3.05) is 13.6 Å². The monoisotopic (exact) mass is 231 g/mol. The molecule has 1 fully saturated rings. The molecule has 1 unspecified atom stereocenters. The van der Waals surface area contributed by atoms with E-state index in [1.807, 2.05) is 7.05 Å². The lowest BCUT2D eigenvalue weighted by Crippen LogP contribution is -2.43. The third-order valence-corrected chi connectivity index (χ3v) is 4.35. The number of nitrogens with one attached hydrogen (secondary N) is 1. The molecular formula is C15H21NO. The average Bonchev–Trinajstić information content (AvgIpc) is 2.65. The summed E-state index contributed by atoms with van der Waals surface area (Å²) in [6.07, 6.45) is 6.43. The molecule has 1 aromatic carbocycles. The number of hydrogen-bond donors (Lipinski definition) is 1. The predicted octanol–water partition coefficient (Wildman–Crippen LogP) is 3.08. The van der Waals surface area contributed by atoms with Crippen molar-refractivity contribution >= 4 is 0 Å². The zero-order valence-electron chi connectivity index (χ0n) is 10.5. The Balaban J connectivity index is 1.96. The second kappa shape index (κ2) is 4.34. The Kier molecular flexibility index (Phi) is 2.83. The zero-order chi connectivity index (χ0) is 11.7. The van der Waals surface area contributed by atoms with Gasteiger partial charge in [0.05, 0.1) is 0 Å². The maximum Gasteiger partial charge on any atom is 0.123 e. The summed E-state index contributed by atoms with van der Waals surface area (Å²) < 4.78 is 6.36. The van der Waals surface area contributed by atoms with Crippen molar-refractivity contribution < 1.29 is 4.74 Å². The highest BCUT2D eigenvalue weighted by atomic mass is 16.5. The molecule has 2 heteroatoms. The fourth-order valence-electron chi connectivity index (χ4n) is 3.54. The molecule has 17 heavy (non-hydrogen) atoms. The molecule has 1 saturated carbocycles. The van der Waals surface area contributed by atoms with E-state index in [0.717, 1.165) is 12.3 Å². The van der Waals surface area contributed by atoms with E-state index in [-0.39, 0.29) is 5.60 Å². The minimum Gasteiger partial charge on any atom is -0.486 e. The molecule has 2 nitrogen and oxygen atoms in total. The van der Waals surface area contributed by atoms with Crippen molar-refractivity contribution in [2.45, 2.75) is 43.6 Å². The maximum absolute atomic E-state index is 6.36. The molecule has 1 aliphatic carbocycles. The molecule has 1 atom stereocenters. The van der Waals surface area contributed by atoms with Crippen LogP contribution in [0.4, 0.5) is 0 Å². The number of para-hydroxylation sites is 1. The Morgan fingerprint density at radius 1 is 1.24 bits per heavy atom. The third-order valence-electron chi connectivity index (χ3n) is 4.35. The molecular weight excluding hydrogens is 210 g/mol. The van der Waals surface area contributed by atoms with Crippen LogP contribution in [-0.4, -0.2) is 19.2 Å². The molecule has 0 aromatic heterocycles. The molecule has 0 saturated heterocycles. The third kappa shape index (κ3) is 1.75. The molecule has 1 spiro atoms. The van der Waals surface area contributed by atoms with Crippen molar-refractivity contribution in [2.24, 2.45) is 0 Å². The van der Waals surface area contributed by atoms with E-state index in [1.165, 1.54) is 37.7 Å². The van der Waals surface area contributed by atoms with Crippen LogP contribution in [0, 0.1) is 0 Å². The van der Waals surface area contributed by atoms with Crippen LogP contribution < -0.4 is 10.1 Å². The number of hydrogen-bond acceptors (Lipinski definition) is 2. The van der Waals surface area contributed by atoms with Gasteiger partial charge in [-0.25, -0.2) is 0 Å². The Bertz CT molecular complexity index is 396. The fourth-order valence-corrected chi connectivity index (χ4v) is 3.54. The molecule has 1 aromatic rings. The van der Waals surface area contributed by atoms with Crippen molar-refractivity contribution in [1.82, 2.24) is 5.32 Å². The highest BCUT2D eigenvalue weighted by molar-refractivity contribution is 5.43. The lowest BCUT2D eigenvalue weighted by atomic mass is 9.74. The van der Waals surface area contributed by atoms with Gasteiger partial charge >= 0.3 is 0 Å². The van der Waals surface area contributed by atoms with E-state index < -0.39 is 0 Å². The summed E-state index contributed by atoms with van der Waals surface area (Å²) in [5.41, 5.74) is 1.49. The van der Waals surface area contributed by atoms with Crippen LogP contribution in [-0.2, 0) is 0 Å². The van der Waals surface area contributed by atoms with Gasteiger partial charge in [0.1, 0.15) is 11.4 Å². The standard InChI is InChI=1S/C15H21NO/c1-16-11-13-12-7-3-4-8-14(12)17-15(13)9-5-2-6-10-15/h3-4,7-8,13,16H,2,5-6,9-11H2,1H3. The van der Waals surface area contributed by atoms with Crippen LogP contribution in [0.15, 0.2) is 24.3 Å². The van der Waals surface area contributed by atoms with Crippen LogP contribution in [0.25, 0.3) is 0 Å². The molecule has 92 valence electrons. The van der Waals surface area contributed by atoms with E-state index in [2.05, 4.69) is 29.6 Å². The Morgan fingerprint density at radius 3 is 2.76 bits per heavy atom. The zero-order valence-corrected chi connectivity index (χ0v) is 10.5.